The molecule has 0 saturated heterocycles. The van der Waals surface area contributed by atoms with Crippen molar-refractivity contribution in [2.75, 3.05) is 21.6 Å². The van der Waals surface area contributed by atoms with Gasteiger partial charge in [0.15, 0.2) is 0 Å². The molecular formula is C21H16N6O4S. The molecule has 1 amide bonds. The van der Waals surface area contributed by atoms with Crippen molar-refractivity contribution >= 4 is 44.3 Å². The molecule has 4 aromatic rings. The van der Waals surface area contributed by atoms with Gasteiger partial charge in [-0.3, -0.25) is 14.3 Å². The quantitative estimate of drug-likeness (QED) is 0.488. The Morgan fingerprint density at radius 3 is 2.44 bits per heavy atom. The first-order valence-corrected chi connectivity index (χ1v) is 11.0. The Morgan fingerprint density at radius 1 is 0.938 bits per heavy atom. The predicted molar refractivity (Wildman–Crippen MR) is 119 cm³/mol. The van der Waals surface area contributed by atoms with Gasteiger partial charge in [-0.25, -0.2) is 23.3 Å². The number of pyridine rings is 1. The summed E-state index contributed by atoms with van der Waals surface area (Å²) in [6, 6.07) is 17.4. The Morgan fingerprint density at radius 2 is 1.69 bits per heavy atom. The predicted octanol–water partition coefficient (Wildman–Crippen LogP) is 1.81. The van der Waals surface area contributed by atoms with E-state index in [1.165, 1.54) is 46.1 Å². The maximum atomic E-state index is 12.8. The molecule has 10 nitrogen and oxygen atoms in total. The van der Waals surface area contributed by atoms with E-state index in [1.54, 1.807) is 36.4 Å². The molecule has 0 saturated carbocycles. The van der Waals surface area contributed by atoms with E-state index in [2.05, 4.69) is 20.1 Å². The summed E-state index contributed by atoms with van der Waals surface area (Å²) in [5.41, 5.74) is 3.27. The number of rotatable bonds is 4. The maximum absolute atomic E-state index is 12.8. The minimum absolute atomic E-state index is 0.00153. The lowest BCUT2D eigenvalue weighted by molar-refractivity contribution is -0.116. The van der Waals surface area contributed by atoms with Crippen LogP contribution in [0.1, 0.15) is 0 Å². The average Bonchev–Trinajstić information content (AvgIpc) is 2.80. The minimum atomic E-state index is -3.87. The topological polar surface area (TPSA) is 126 Å². The van der Waals surface area contributed by atoms with Crippen molar-refractivity contribution in [1.82, 2.24) is 14.6 Å². The van der Waals surface area contributed by atoms with Gasteiger partial charge in [0.1, 0.15) is 12.4 Å². The Bertz CT molecular complexity index is 1500. The van der Waals surface area contributed by atoms with E-state index in [0.29, 0.717) is 16.6 Å². The van der Waals surface area contributed by atoms with Gasteiger partial charge < -0.3 is 5.43 Å². The van der Waals surface area contributed by atoms with Crippen LogP contribution in [0.25, 0.3) is 10.9 Å². The first-order valence-electron chi connectivity index (χ1n) is 9.56. The molecule has 0 aliphatic carbocycles. The Kier molecular flexibility index (Phi) is 4.59. The van der Waals surface area contributed by atoms with Crippen LogP contribution in [-0.2, 0) is 14.8 Å². The third-order valence-corrected chi connectivity index (χ3v) is 6.28. The molecule has 2 N–H and O–H groups in total. The van der Waals surface area contributed by atoms with Crippen molar-refractivity contribution in [1.29, 1.82) is 0 Å². The van der Waals surface area contributed by atoms with Crippen LogP contribution in [0.2, 0.25) is 0 Å². The van der Waals surface area contributed by atoms with E-state index in [4.69, 9.17) is 0 Å². The highest BCUT2D eigenvalue weighted by Crippen LogP contribution is 2.27. The molecule has 0 unspecified atom stereocenters. The first kappa shape index (κ1) is 19.7. The number of benzene rings is 2. The fraction of sp³-hybridized carbons (Fsp3) is 0.0476. The number of fused-ring (bicyclic) bond motifs is 2. The van der Waals surface area contributed by atoms with Crippen molar-refractivity contribution in [3.8, 4) is 0 Å². The number of anilines is 3. The SMILES string of the molecule is O=C1CNn2c(nc3ccccc3c2=O)N1c1ccc(S(=O)(=O)Nc2ccccn2)cc1. The van der Waals surface area contributed by atoms with Crippen LogP contribution in [0.15, 0.2) is 82.6 Å². The highest BCUT2D eigenvalue weighted by molar-refractivity contribution is 7.92. The van der Waals surface area contributed by atoms with Crippen LogP contribution in [-0.4, -0.2) is 35.5 Å². The van der Waals surface area contributed by atoms with Gasteiger partial charge in [0, 0.05) is 6.20 Å². The number of sulfonamides is 1. The van der Waals surface area contributed by atoms with E-state index in [-0.39, 0.29) is 34.7 Å². The lowest BCUT2D eigenvalue weighted by Gasteiger charge is -2.30. The van der Waals surface area contributed by atoms with Crippen LogP contribution >= 0.6 is 0 Å². The van der Waals surface area contributed by atoms with Crippen molar-refractivity contribution in [3.63, 3.8) is 0 Å². The van der Waals surface area contributed by atoms with E-state index >= 15 is 0 Å². The summed E-state index contributed by atoms with van der Waals surface area (Å²) in [5, 5.41) is 0.417. The number of nitrogens with one attached hydrogen (secondary N) is 2. The van der Waals surface area contributed by atoms with Crippen molar-refractivity contribution in [2.24, 2.45) is 0 Å². The smallest absolute Gasteiger partial charge is 0.281 e. The van der Waals surface area contributed by atoms with Gasteiger partial charge in [0.05, 0.1) is 21.5 Å². The second-order valence-electron chi connectivity index (χ2n) is 6.95. The Labute approximate surface area is 182 Å². The molecule has 32 heavy (non-hydrogen) atoms. The fourth-order valence-electron chi connectivity index (χ4n) is 3.40. The van der Waals surface area contributed by atoms with Crippen LogP contribution < -0.4 is 20.6 Å². The van der Waals surface area contributed by atoms with Gasteiger partial charge in [0.2, 0.25) is 5.95 Å². The van der Waals surface area contributed by atoms with Gasteiger partial charge in [-0.05, 0) is 48.5 Å². The summed E-state index contributed by atoms with van der Waals surface area (Å²) >= 11 is 0. The van der Waals surface area contributed by atoms with Gasteiger partial charge in [0.25, 0.3) is 21.5 Å². The van der Waals surface area contributed by atoms with Crippen molar-refractivity contribution < 1.29 is 13.2 Å². The summed E-state index contributed by atoms with van der Waals surface area (Å²) in [6.45, 7) is -0.117. The highest BCUT2D eigenvalue weighted by atomic mass is 32.2. The number of carbonyl (C=O) groups is 1. The highest BCUT2D eigenvalue weighted by Gasteiger charge is 2.29. The molecule has 1 aliphatic heterocycles. The molecule has 0 fully saturated rings. The molecule has 1 aliphatic rings. The lowest BCUT2D eigenvalue weighted by atomic mass is 10.2. The van der Waals surface area contributed by atoms with Gasteiger partial charge in [-0.1, -0.05) is 18.2 Å². The first-order chi connectivity index (χ1) is 15.4. The Balaban J connectivity index is 1.53. The van der Waals surface area contributed by atoms with Crippen LogP contribution in [0, 0.1) is 0 Å². The molecule has 0 spiro atoms. The Hall–Kier alpha value is -4.25. The monoisotopic (exact) mass is 448 g/mol. The number of hydrogen-bond donors (Lipinski definition) is 2. The standard InChI is InChI=1S/C21H16N6O4S/c28-19-13-23-27-20(29)16-5-1-2-6-17(16)24-21(27)26(19)14-8-10-15(11-9-14)32(30,31)25-18-7-3-4-12-22-18/h1-12,23H,13H2,(H,22,25). The number of nitrogens with zero attached hydrogens (tertiary/aromatic N) is 4. The maximum Gasteiger partial charge on any atom is 0.281 e. The molecule has 5 rings (SSSR count). The molecule has 0 radical (unpaired) electrons. The summed E-state index contributed by atoms with van der Waals surface area (Å²) in [4.78, 5) is 35.3. The zero-order valence-corrected chi connectivity index (χ0v) is 17.3. The van der Waals surface area contributed by atoms with E-state index in [0.717, 1.165) is 0 Å². The van der Waals surface area contributed by atoms with E-state index < -0.39 is 10.0 Å². The van der Waals surface area contributed by atoms with Crippen molar-refractivity contribution in [3.05, 3.63) is 83.3 Å². The number of amides is 1. The molecule has 2 aromatic carbocycles. The zero-order chi connectivity index (χ0) is 22.3. The lowest BCUT2D eigenvalue weighted by Crippen LogP contribution is -2.47. The summed E-state index contributed by atoms with van der Waals surface area (Å²) in [6.07, 6.45) is 1.48. The van der Waals surface area contributed by atoms with Gasteiger partial charge >= 0.3 is 0 Å². The molecule has 11 heteroatoms. The largest absolute Gasteiger partial charge is 0.311 e. The number of carbonyl (C=O) groups excluding carboxylic acids is 1. The molecular weight excluding hydrogens is 432 g/mol. The average molecular weight is 448 g/mol. The number of para-hydroxylation sites is 1. The molecule has 3 heterocycles. The molecule has 160 valence electrons. The summed E-state index contributed by atoms with van der Waals surface area (Å²) < 4.78 is 28.9. The van der Waals surface area contributed by atoms with Crippen LogP contribution in [0.3, 0.4) is 0 Å². The second-order valence-corrected chi connectivity index (χ2v) is 8.63. The van der Waals surface area contributed by atoms with Gasteiger partial charge in [-0.2, -0.15) is 4.68 Å². The molecule has 2 aromatic heterocycles. The second kappa shape index (κ2) is 7.46. The normalized spacial score (nSPS) is 13.5. The molecule has 0 bridgehead atoms. The molecule has 0 atom stereocenters. The minimum Gasteiger partial charge on any atom is -0.311 e. The number of hydrogen-bond acceptors (Lipinski definition) is 7. The summed E-state index contributed by atoms with van der Waals surface area (Å²) in [7, 11) is -3.87. The van der Waals surface area contributed by atoms with Crippen molar-refractivity contribution in [2.45, 2.75) is 4.90 Å². The zero-order valence-electron chi connectivity index (χ0n) is 16.5. The number of aromatic nitrogens is 3. The van der Waals surface area contributed by atoms with Crippen LogP contribution in [0.5, 0.6) is 0 Å². The fourth-order valence-corrected chi connectivity index (χ4v) is 4.41. The third-order valence-electron chi connectivity index (χ3n) is 4.90. The van der Waals surface area contributed by atoms with E-state index in [1.807, 2.05) is 0 Å². The van der Waals surface area contributed by atoms with Crippen LogP contribution in [0.4, 0.5) is 17.5 Å². The van der Waals surface area contributed by atoms with Gasteiger partial charge in [-0.15, -0.1) is 0 Å². The summed E-state index contributed by atoms with van der Waals surface area (Å²) in [5.74, 6) is -0.0418. The third kappa shape index (κ3) is 3.34. The van der Waals surface area contributed by atoms with E-state index in [9.17, 15) is 18.0 Å².